The van der Waals surface area contributed by atoms with Crippen LogP contribution in [0.1, 0.15) is 73.3 Å². The van der Waals surface area contributed by atoms with Crippen LogP contribution in [0, 0.1) is 45.5 Å². The lowest BCUT2D eigenvalue weighted by Crippen LogP contribution is -2.21. The fourth-order valence-electron chi connectivity index (χ4n) is 7.38. The Kier molecular flexibility index (Phi) is 39.1. The van der Waals surface area contributed by atoms with Crippen molar-refractivity contribution in [1.82, 2.24) is 0 Å². The lowest BCUT2D eigenvalue weighted by Gasteiger charge is -2.20. The van der Waals surface area contributed by atoms with Crippen LogP contribution in [0.5, 0.6) is 11.5 Å². The molecule has 0 aliphatic rings. The van der Waals surface area contributed by atoms with E-state index >= 15 is 0 Å². The number of para-hydroxylation sites is 1. The van der Waals surface area contributed by atoms with Crippen LogP contribution < -0.4 is 9.64 Å². The standard InChI is InChI=1S/2C11H9BrO3.C10H8Br2O.C10H9BrO2.C10H15N.C8H7BrO3.C3H3Br.Br3P/c1-6-3-7-4-8(12)5-9(10(7)15-6)11(13)14-2;1-3-6-15-10-5-4-8(12)7-9(10)11(13)14-2;1-6-2-7-3-9(12)4-8(5-11)10(7)13-6;1-6-2-7-3-9(11)4-8(5-12)10(7)13-6;1-3-11(4-2)10-8-6-5-7-9-10;1-12-8(11)6-4-5(9)2-3-7(6)10;1-2-3-4;1-4(2)3/h3-5H,1-2H3;1,4-5,7H,6H2,2H3;2-4H,5H2,1H3;2-4,12H,5H2,1H3;5-9H,3-4H2,1-2H3;2-4,10H,1H3;1H,3H2;. The molecule has 6 aromatic carbocycles. The summed E-state index contributed by atoms with van der Waals surface area (Å²) < 4.78 is 39.7. The number of hydrogen-bond donors (Lipinski definition) is 2. The van der Waals surface area contributed by atoms with E-state index in [9.17, 15) is 19.5 Å². The number of carbonyl (C=O) groups is 3. The second-order valence-corrected chi connectivity index (χ2v) is 38.0. The van der Waals surface area contributed by atoms with Gasteiger partial charge in [0.05, 0.1) is 33.3 Å². The monoisotopic (exact) mass is 1840 g/mol. The maximum absolute atomic E-state index is 11.5. The van der Waals surface area contributed by atoms with Crippen molar-refractivity contribution >= 4 is 219 Å². The van der Waals surface area contributed by atoms with Crippen molar-refractivity contribution < 1.29 is 56.8 Å². The summed E-state index contributed by atoms with van der Waals surface area (Å²) in [5.74, 6) is 6.21. The maximum Gasteiger partial charge on any atom is 0.341 e. The Morgan fingerprint density at radius 1 is 0.552 bits per heavy atom. The topological polar surface area (TPSA) is 171 Å². The fourth-order valence-corrected chi connectivity index (χ4v) is 10.0. The van der Waals surface area contributed by atoms with Gasteiger partial charge in [0.2, 0.25) is 0 Å². The largest absolute Gasteiger partial charge is 0.507 e. The summed E-state index contributed by atoms with van der Waals surface area (Å²) in [5.41, 5.74) is 6.60. The minimum absolute atomic E-state index is 0.00287. The van der Waals surface area contributed by atoms with Gasteiger partial charge in [-0.3, -0.25) is 0 Å². The number of benzene rings is 6. The SMILES string of the molecule is BrP(Br)Br.C#CCBr.C#CCOc1ccc(Br)cc1C(=O)OC.CCN(CC)c1ccccc1.COC(=O)c1cc(Br)cc2cc(C)oc12.COC(=O)c1cc(Br)ccc1O.Cc1cc2cc(Br)cc(CBr)c2o1.Cc1cc2cc(Br)cc(CO)c2o1. The molecule has 24 heteroatoms. The molecule has 0 amide bonds. The van der Waals surface area contributed by atoms with Crippen molar-refractivity contribution in [3.05, 3.63) is 189 Å². The van der Waals surface area contributed by atoms with Crippen LogP contribution in [0.4, 0.5) is 5.69 Å². The third kappa shape index (κ3) is 28.0. The number of aromatic hydroxyl groups is 1. The number of ether oxygens (including phenoxy) is 4. The number of phenols is 1. The molecular formula is C63H60Br10NO12P. The molecule has 0 saturated carbocycles. The van der Waals surface area contributed by atoms with Gasteiger partial charge in [0.1, 0.15) is 72.9 Å². The number of anilines is 1. The molecule has 9 aromatic rings. The number of furan rings is 3. The first-order chi connectivity index (χ1) is 41.4. The van der Waals surface area contributed by atoms with Gasteiger partial charge < -0.3 is 47.3 Å². The molecule has 0 radical (unpaired) electrons. The van der Waals surface area contributed by atoms with Crippen molar-refractivity contribution in [3.8, 4) is 36.2 Å². The summed E-state index contributed by atoms with van der Waals surface area (Å²) >= 11 is 32.6. The molecule has 13 nitrogen and oxygen atoms in total. The van der Waals surface area contributed by atoms with Crippen LogP contribution >= 0.6 is 162 Å². The summed E-state index contributed by atoms with van der Waals surface area (Å²) in [7, 11) is 3.93. The van der Waals surface area contributed by atoms with E-state index in [1.807, 2.05) is 63.2 Å². The number of carbonyl (C=O) groups excluding carboxylic acids is 3. The molecule has 0 atom stereocenters. The highest BCUT2D eigenvalue weighted by molar-refractivity contribution is 9.93. The lowest BCUT2D eigenvalue weighted by molar-refractivity contribution is 0.0587. The molecule has 0 saturated heterocycles. The van der Waals surface area contributed by atoms with Crippen LogP contribution in [-0.4, -0.2) is 74.5 Å². The first kappa shape index (κ1) is 79.2. The number of esters is 3. The molecule has 87 heavy (non-hydrogen) atoms. The number of aryl methyl sites for hydroxylation is 3. The Morgan fingerprint density at radius 2 is 0.954 bits per heavy atom. The molecule has 0 aliphatic carbocycles. The average Bonchev–Trinajstić information content (AvgIpc) is 2.22. The number of phenolic OH excluding ortho intramolecular Hbond substituents is 1. The number of methoxy groups -OCH3 is 3. The van der Waals surface area contributed by atoms with E-state index in [2.05, 4.69) is 239 Å². The van der Waals surface area contributed by atoms with Gasteiger partial charge in [0, 0.05) is 73.8 Å². The number of halogens is 10. The predicted molar refractivity (Wildman–Crippen MR) is 389 cm³/mol. The third-order valence-electron chi connectivity index (χ3n) is 11.0. The Hall–Kier alpha value is -3.94. The van der Waals surface area contributed by atoms with Gasteiger partial charge in [0.25, 0.3) is 0 Å². The fraction of sp³-hybridized carbons (Fsp3) is 0.222. The quantitative estimate of drug-likeness (QED) is 0.0436. The molecule has 2 N–H and O–H groups in total. The predicted octanol–water partition coefficient (Wildman–Crippen LogP) is 21.8. The van der Waals surface area contributed by atoms with Crippen molar-refractivity contribution in [2.75, 3.05) is 51.3 Å². The Labute approximate surface area is 591 Å². The van der Waals surface area contributed by atoms with E-state index < -0.39 is 17.9 Å². The minimum atomic E-state index is -0.547. The molecule has 0 bridgehead atoms. The second-order valence-electron chi connectivity index (χ2n) is 17.0. The first-order valence-electron chi connectivity index (χ1n) is 25.3. The van der Waals surface area contributed by atoms with Gasteiger partial charge in [-0.2, -0.15) is 0 Å². The smallest absolute Gasteiger partial charge is 0.341 e. The van der Waals surface area contributed by atoms with Crippen molar-refractivity contribution in [1.29, 1.82) is 0 Å². The van der Waals surface area contributed by atoms with Crippen molar-refractivity contribution in [2.45, 2.75) is 46.6 Å². The number of hydrogen-bond acceptors (Lipinski definition) is 13. The van der Waals surface area contributed by atoms with E-state index in [1.54, 1.807) is 30.3 Å². The summed E-state index contributed by atoms with van der Waals surface area (Å²) in [6.07, 6.45) is 9.80. The highest BCUT2D eigenvalue weighted by Crippen LogP contribution is 2.59. The average molecular weight is 1850 g/mol. The summed E-state index contributed by atoms with van der Waals surface area (Å²) in [6.45, 7) is 12.3. The molecule has 3 aromatic heterocycles. The van der Waals surface area contributed by atoms with Gasteiger partial charge in [0.15, 0.2) is 0 Å². The Balaban J connectivity index is 0.000000348. The van der Waals surface area contributed by atoms with Gasteiger partial charge in [-0.1, -0.05) is 142 Å². The van der Waals surface area contributed by atoms with Crippen LogP contribution in [0.2, 0.25) is 0 Å². The number of fused-ring (bicyclic) bond motifs is 3. The highest BCUT2D eigenvalue weighted by Gasteiger charge is 2.16. The molecule has 0 spiro atoms. The summed E-state index contributed by atoms with van der Waals surface area (Å²) in [5, 5.41) is 22.8. The zero-order valence-electron chi connectivity index (χ0n) is 48.1. The van der Waals surface area contributed by atoms with E-state index in [4.69, 9.17) is 35.9 Å². The van der Waals surface area contributed by atoms with Crippen molar-refractivity contribution in [3.63, 3.8) is 0 Å². The van der Waals surface area contributed by atoms with Gasteiger partial charge in [-0.25, -0.2) is 14.4 Å². The summed E-state index contributed by atoms with van der Waals surface area (Å²) in [6, 6.07) is 37.6. The highest BCUT2D eigenvalue weighted by atomic mass is 80.0. The Morgan fingerprint density at radius 3 is 1.40 bits per heavy atom. The molecule has 0 fully saturated rings. The summed E-state index contributed by atoms with van der Waals surface area (Å²) in [4.78, 5) is 36.2. The molecule has 3 heterocycles. The van der Waals surface area contributed by atoms with Crippen LogP contribution in [0.15, 0.2) is 157 Å². The molecule has 464 valence electrons. The molecule has 0 aliphatic heterocycles. The van der Waals surface area contributed by atoms with E-state index in [1.165, 1.54) is 44.7 Å². The van der Waals surface area contributed by atoms with Crippen LogP contribution in [0.3, 0.4) is 0 Å². The Bertz CT molecular complexity index is 3620. The molecule has 0 unspecified atom stereocenters. The second kappa shape index (κ2) is 42.9. The van der Waals surface area contributed by atoms with Gasteiger partial charge in [-0.15, -0.1) is 12.8 Å². The van der Waals surface area contributed by atoms with E-state index in [0.717, 1.165) is 91.0 Å². The number of aliphatic hydroxyl groups is 1. The number of alkyl halides is 2. The first-order valence-corrected chi connectivity index (χ1v) is 38.9. The molecular weight excluding hydrogens is 1790 g/mol. The van der Waals surface area contributed by atoms with Crippen LogP contribution in [0.25, 0.3) is 32.9 Å². The van der Waals surface area contributed by atoms with Crippen LogP contribution in [-0.2, 0) is 26.1 Å². The third-order valence-corrected chi connectivity index (χ3v) is 14.3. The number of terminal acetylenes is 2. The number of nitrogens with zero attached hydrogens (tertiary/aromatic N) is 1. The zero-order valence-corrected chi connectivity index (χ0v) is 64.8. The zero-order chi connectivity index (χ0) is 65.3. The number of rotatable bonds is 10. The van der Waals surface area contributed by atoms with Gasteiger partial charge >= 0.3 is 17.9 Å². The van der Waals surface area contributed by atoms with Crippen molar-refractivity contribution in [2.24, 2.45) is 0 Å². The minimum Gasteiger partial charge on any atom is -0.507 e. The number of aliphatic hydroxyl groups excluding tert-OH is 1. The molecule has 9 rings (SSSR count). The van der Waals surface area contributed by atoms with E-state index in [0.29, 0.717) is 27.8 Å². The van der Waals surface area contributed by atoms with Gasteiger partial charge in [-0.05, 0) is 184 Å². The normalized spacial score (nSPS) is 9.86. The lowest BCUT2D eigenvalue weighted by atomic mass is 10.1. The van der Waals surface area contributed by atoms with E-state index in [-0.39, 0.29) is 28.6 Å². The maximum atomic E-state index is 11.5.